The molecule has 74 valence electrons. The van der Waals surface area contributed by atoms with Crippen LogP contribution in [0.4, 0.5) is 0 Å². The van der Waals surface area contributed by atoms with E-state index < -0.39 is 0 Å². The topological polar surface area (TPSA) is 56.1 Å². The first kappa shape index (κ1) is 10.6. The van der Waals surface area contributed by atoms with Gasteiger partial charge in [0, 0.05) is 25.0 Å². The van der Waals surface area contributed by atoms with E-state index in [1.54, 1.807) is 25.4 Å². The van der Waals surface area contributed by atoms with Crippen molar-refractivity contribution in [3.05, 3.63) is 35.0 Å². The summed E-state index contributed by atoms with van der Waals surface area (Å²) >= 11 is 5.74. The number of hydrogen-bond donors (Lipinski definition) is 3. The van der Waals surface area contributed by atoms with E-state index in [0.717, 1.165) is 5.56 Å². The van der Waals surface area contributed by atoms with E-state index in [-0.39, 0.29) is 10.8 Å². The van der Waals surface area contributed by atoms with Gasteiger partial charge in [0.05, 0.1) is 5.02 Å². The number of phenols is 1. The fraction of sp³-hybridized carbons (Fsp3) is 0.100. The quantitative estimate of drug-likeness (QED) is 0.671. The molecule has 0 aromatic heterocycles. The molecule has 0 aliphatic carbocycles. The summed E-state index contributed by atoms with van der Waals surface area (Å²) in [6.07, 6.45) is 2.91. The molecule has 0 aliphatic heterocycles. The molecular formula is C10H11ClN2O. The largest absolute Gasteiger partial charge is 0.506 e. The van der Waals surface area contributed by atoms with E-state index in [9.17, 15) is 5.11 Å². The van der Waals surface area contributed by atoms with Crippen molar-refractivity contribution in [2.45, 2.75) is 0 Å². The van der Waals surface area contributed by atoms with Crippen molar-refractivity contribution in [3.8, 4) is 5.75 Å². The molecule has 1 rings (SSSR count). The molecule has 3 N–H and O–H groups in total. The number of benzene rings is 1. The third-order valence-electron chi connectivity index (χ3n) is 1.74. The molecule has 0 bridgehead atoms. The number of allylic oxidation sites excluding steroid dienone is 1. The zero-order chi connectivity index (χ0) is 10.6. The highest BCUT2D eigenvalue weighted by Crippen LogP contribution is 2.26. The van der Waals surface area contributed by atoms with Gasteiger partial charge in [-0.05, 0) is 17.7 Å². The molecule has 0 atom stereocenters. The Balaban J connectivity index is 3.12. The van der Waals surface area contributed by atoms with Crippen LogP contribution in [0.5, 0.6) is 5.75 Å². The number of aromatic hydroxyl groups is 1. The first-order chi connectivity index (χ1) is 6.69. The molecule has 0 heterocycles. The summed E-state index contributed by atoms with van der Waals surface area (Å²) in [5.41, 5.74) is 1.49. The van der Waals surface area contributed by atoms with Gasteiger partial charge in [-0.1, -0.05) is 17.7 Å². The fourth-order valence-corrected chi connectivity index (χ4v) is 1.23. The highest BCUT2D eigenvalue weighted by Gasteiger charge is 2.02. The van der Waals surface area contributed by atoms with E-state index in [1.807, 2.05) is 0 Å². The lowest BCUT2D eigenvalue weighted by atomic mass is 10.1. The van der Waals surface area contributed by atoms with Crippen LogP contribution in [0.15, 0.2) is 24.4 Å². The average Bonchev–Trinajstić information content (AvgIpc) is 2.19. The van der Waals surface area contributed by atoms with Crippen molar-refractivity contribution in [1.29, 1.82) is 5.41 Å². The fourth-order valence-electron chi connectivity index (χ4n) is 1.05. The van der Waals surface area contributed by atoms with E-state index in [2.05, 4.69) is 5.32 Å². The summed E-state index contributed by atoms with van der Waals surface area (Å²) in [7, 11) is 1.76. The highest BCUT2D eigenvalue weighted by molar-refractivity contribution is 6.32. The molecule has 0 radical (unpaired) electrons. The first-order valence-corrected chi connectivity index (χ1v) is 4.43. The summed E-state index contributed by atoms with van der Waals surface area (Å²) < 4.78 is 0. The van der Waals surface area contributed by atoms with Gasteiger partial charge in [-0.2, -0.15) is 0 Å². The number of halogens is 1. The summed E-state index contributed by atoms with van der Waals surface area (Å²) in [6.45, 7) is 0. The van der Waals surface area contributed by atoms with Crippen molar-refractivity contribution in [3.63, 3.8) is 0 Å². The highest BCUT2D eigenvalue weighted by atomic mass is 35.5. The molecule has 14 heavy (non-hydrogen) atoms. The van der Waals surface area contributed by atoms with Crippen LogP contribution in [0.1, 0.15) is 5.56 Å². The predicted molar refractivity (Wildman–Crippen MR) is 58.9 cm³/mol. The zero-order valence-electron chi connectivity index (χ0n) is 7.71. The van der Waals surface area contributed by atoms with Crippen molar-refractivity contribution in [2.24, 2.45) is 0 Å². The van der Waals surface area contributed by atoms with Crippen LogP contribution in [0.2, 0.25) is 5.02 Å². The molecule has 1 aromatic rings. The third-order valence-corrected chi connectivity index (χ3v) is 2.04. The van der Waals surface area contributed by atoms with Gasteiger partial charge in [0.25, 0.3) is 0 Å². The van der Waals surface area contributed by atoms with Crippen LogP contribution in [-0.4, -0.2) is 18.4 Å². The molecule has 0 saturated carbocycles. The number of nitrogens with one attached hydrogen (secondary N) is 2. The van der Waals surface area contributed by atoms with Crippen molar-refractivity contribution >= 4 is 23.4 Å². The summed E-state index contributed by atoms with van der Waals surface area (Å²) in [5, 5.41) is 19.5. The van der Waals surface area contributed by atoms with Gasteiger partial charge in [-0.3, -0.25) is 0 Å². The van der Waals surface area contributed by atoms with Crippen LogP contribution in [0.3, 0.4) is 0 Å². The predicted octanol–water partition coefficient (Wildman–Crippen LogP) is 2.26. The Bertz CT molecular complexity index is 374. The molecule has 0 spiro atoms. The third kappa shape index (κ3) is 2.26. The second-order valence-corrected chi connectivity index (χ2v) is 3.11. The lowest BCUT2D eigenvalue weighted by Crippen LogP contribution is -1.96. The lowest BCUT2D eigenvalue weighted by Gasteiger charge is -2.03. The minimum Gasteiger partial charge on any atom is -0.506 e. The van der Waals surface area contributed by atoms with Gasteiger partial charge in [-0.25, -0.2) is 0 Å². The molecule has 0 unspecified atom stereocenters. The van der Waals surface area contributed by atoms with Gasteiger partial charge in [0.15, 0.2) is 0 Å². The monoisotopic (exact) mass is 210 g/mol. The Kier molecular flexibility index (Phi) is 3.54. The molecule has 0 aliphatic rings. The minimum absolute atomic E-state index is 0.0456. The van der Waals surface area contributed by atoms with Crippen LogP contribution in [0, 0.1) is 5.41 Å². The Morgan fingerprint density at radius 3 is 2.79 bits per heavy atom. The van der Waals surface area contributed by atoms with Gasteiger partial charge in [0.2, 0.25) is 0 Å². The van der Waals surface area contributed by atoms with Gasteiger partial charge in [0.1, 0.15) is 5.75 Å². The van der Waals surface area contributed by atoms with E-state index in [1.165, 1.54) is 12.3 Å². The van der Waals surface area contributed by atoms with Gasteiger partial charge >= 0.3 is 0 Å². The second kappa shape index (κ2) is 4.67. The smallest absolute Gasteiger partial charge is 0.134 e. The molecular weight excluding hydrogens is 200 g/mol. The van der Waals surface area contributed by atoms with Gasteiger partial charge in [-0.15, -0.1) is 0 Å². The van der Waals surface area contributed by atoms with Gasteiger partial charge < -0.3 is 15.8 Å². The van der Waals surface area contributed by atoms with E-state index >= 15 is 0 Å². The maximum atomic E-state index is 9.20. The summed E-state index contributed by atoms with van der Waals surface area (Å²) in [4.78, 5) is 0. The van der Waals surface area contributed by atoms with Crippen LogP contribution in [0.25, 0.3) is 5.57 Å². The van der Waals surface area contributed by atoms with Crippen LogP contribution < -0.4 is 5.32 Å². The molecule has 4 heteroatoms. The normalized spacial score (nSPS) is 11.1. The van der Waals surface area contributed by atoms with E-state index in [0.29, 0.717) is 5.57 Å². The number of hydrogen-bond acceptors (Lipinski definition) is 3. The van der Waals surface area contributed by atoms with Crippen LogP contribution >= 0.6 is 11.6 Å². The summed E-state index contributed by atoms with van der Waals surface area (Å²) in [5.74, 6) is 0.0456. The van der Waals surface area contributed by atoms with Crippen molar-refractivity contribution in [1.82, 2.24) is 5.32 Å². The summed E-state index contributed by atoms with van der Waals surface area (Å²) in [6, 6.07) is 4.82. The van der Waals surface area contributed by atoms with Crippen LogP contribution in [-0.2, 0) is 0 Å². The Hall–Kier alpha value is -1.48. The Morgan fingerprint density at radius 1 is 1.57 bits per heavy atom. The Labute approximate surface area is 87.5 Å². The lowest BCUT2D eigenvalue weighted by molar-refractivity contribution is 0.475. The molecule has 0 amide bonds. The first-order valence-electron chi connectivity index (χ1n) is 4.06. The standard InChI is InChI=1S/C10H11ClN2O/c1-13-6-8(5-12)7-2-3-10(14)9(11)4-7/h2-6,12-14H,1H3/b8-6+,12-5?. The van der Waals surface area contributed by atoms with E-state index in [4.69, 9.17) is 17.0 Å². The molecule has 0 fully saturated rings. The maximum absolute atomic E-state index is 9.20. The molecule has 3 nitrogen and oxygen atoms in total. The van der Waals surface area contributed by atoms with Crippen molar-refractivity contribution < 1.29 is 5.11 Å². The second-order valence-electron chi connectivity index (χ2n) is 2.70. The maximum Gasteiger partial charge on any atom is 0.134 e. The SMILES string of the molecule is CN/C=C(\C=N)c1ccc(O)c(Cl)c1. The number of rotatable bonds is 3. The minimum atomic E-state index is 0.0456. The zero-order valence-corrected chi connectivity index (χ0v) is 8.47. The molecule has 1 aromatic carbocycles. The molecule has 0 saturated heterocycles. The van der Waals surface area contributed by atoms with Crippen molar-refractivity contribution in [2.75, 3.05) is 7.05 Å². The Morgan fingerprint density at radius 2 is 2.29 bits per heavy atom. The number of phenolic OH excluding ortho intramolecular Hbond substituents is 1. The average molecular weight is 211 g/mol.